The highest BCUT2D eigenvalue weighted by Gasteiger charge is 2.77. The standard InChI is InChI=1S/C24H34O4/c1-5-20-27-23(15(2)25)12-13-24(28-20)19-7-6-16-14-17(26)8-10-21(16,3)18(19)9-11-22(23,24)4/h14,18-20H,5-13H2,1-4H3/t18-,19+,20-,21-,22+,23-,24+/m0/s1. The third kappa shape index (κ3) is 1.99. The minimum Gasteiger partial charge on any atom is -0.345 e. The molecule has 0 N–H and O–H groups in total. The summed E-state index contributed by atoms with van der Waals surface area (Å²) in [6.45, 7) is 8.49. The van der Waals surface area contributed by atoms with Crippen LogP contribution in [0.25, 0.3) is 0 Å². The molecule has 4 nitrogen and oxygen atoms in total. The fourth-order valence-electron chi connectivity index (χ4n) is 8.26. The number of rotatable bonds is 2. The van der Waals surface area contributed by atoms with E-state index in [-0.39, 0.29) is 28.5 Å². The maximum atomic E-state index is 13.0. The quantitative estimate of drug-likeness (QED) is 0.687. The predicted octanol–water partition coefficient (Wildman–Crippen LogP) is 4.75. The zero-order valence-corrected chi connectivity index (χ0v) is 17.8. The molecule has 2 bridgehead atoms. The smallest absolute Gasteiger partial charge is 0.162 e. The van der Waals surface area contributed by atoms with E-state index in [1.165, 1.54) is 5.57 Å². The van der Waals surface area contributed by atoms with Gasteiger partial charge in [-0.05, 0) is 81.6 Å². The highest BCUT2D eigenvalue weighted by Crippen LogP contribution is 2.73. The lowest BCUT2D eigenvalue weighted by atomic mass is 9.44. The lowest BCUT2D eigenvalue weighted by Crippen LogP contribution is -2.71. The van der Waals surface area contributed by atoms with Crippen molar-refractivity contribution >= 4 is 11.6 Å². The van der Waals surface area contributed by atoms with Crippen LogP contribution in [0, 0.1) is 22.7 Å². The zero-order chi connectivity index (χ0) is 19.9. The Kier molecular flexibility index (Phi) is 3.92. The molecule has 5 aliphatic rings. The number of Topliss-reactive ketones (excluding diaryl/α,β-unsaturated/α-hetero) is 1. The van der Waals surface area contributed by atoms with Gasteiger partial charge in [-0.25, -0.2) is 0 Å². The summed E-state index contributed by atoms with van der Waals surface area (Å²) in [5.74, 6) is 1.46. The van der Waals surface area contributed by atoms with Crippen molar-refractivity contribution in [3.63, 3.8) is 0 Å². The van der Waals surface area contributed by atoms with Crippen molar-refractivity contribution in [3.05, 3.63) is 11.6 Å². The van der Waals surface area contributed by atoms with Gasteiger partial charge < -0.3 is 9.47 Å². The van der Waals surface area contributed by atoms with Crippen molar-refractivity contribution in [1.29, 1.82) is 0 Å². The van der Waals surface area contributed by atoms with Gasteiger partial charge in [0.2, 0.25) is 0 Å². The summed E-state index contributed by atoms with van der Waals surface area (Å²) in [6.07, 6.45) is 9.95. The van der Waals surface area contributed by atoms with Crippen LogP contribution in [-0.4, -0.2) is 29.1 Å². The second-order valence-electron chi connectivity index (χ2n) is 10.5. The first kappa shape index (κ1) is 19.0. The largest absolute Gasteiger partial charge is 0.345 e. The second-order valence-corrected chi connectivity index (χ2v) is 10.5. The summed E-state index contributed by atoms with van der Waals surface area (Å²) >= 11 is 0. The van der Waals surface area contributed by atoms with Crippen LogP contribution in [0.5, 0.6) is 0 Å². The van der Waals surface area contributed by atoms with Gasteiger partial charge in [-0.15, -0.1) is 0 Å². The second kappa shape index (κ2) is 5.78. The van der Waals surface area contributed by atoms with Gasteiger partial charge in [0.25, 0.3) is 0 Å². The first-order chi connectivity index (χ1) is 13.2. The van der Waals surface area contributed by atoms with Gasteiger partial charge in [0.1, 0.15) is 5.60 Å². The summed E-state index contributed by atoms with van der Waals surface area (Å²) in [6, 6.07) is 0. The Morgan fingerprint density at radius 2 is 1.86 bits per heavy atom. The molecule has 0 unspecified atom stereocenters. The van der Waals surface area contributed by atoms with Crippen molar-refractivity contribution in [2.45, 2.75) is 103 Å². The number of fused-ring (bicyclic) bond motifs is 3. The van der Waals surface area contributed by atoms with Crippen LogP contribution >= 0.6 is 0 Å². The average molecular weight is 387 g/mol. The van der Waals surface area contributed by atoms with E-state index in [0.717, 1.165) is 51.4 Å². The van der Waals surface area contributed by atoms with E-state index >= 15 is 0 Å². The summed E-state index contributed by atoms with van der Waals surface area (Å²) in [5.41, 5.74) is 0.283. The van der Waals surface area contributed by atoms with Gasteiger partial charge in [-0.2, -0.15) is 0 Å². The van der Waals surface area contributed by atoms with Crippen molar-refractivity contribution < 1.29 is 19.1 Å². The molecule has 1 aliphatic heterocycles. The first-order valence-corrected chi connectivity index (χ1v) is 11.3. The number of carbonyl (C=O) groups is 2. The van der Waals surface area contributed by atoms with E-state index in [9.17, 15) is 9.59 Å². The molecule has 154 valence electrons. The summed E-state index contributed by atoms with van der Waals surface area (Å²) in [4.78, 5) is 25.0. The highest BCUT2D eigenvalue weighted by atomic mass is 16.7. The summed E-state index contributed by atoms with van der Waals surface area (Å²) < 4.78 is 13.3. The number of ether oxygens (including phenoxy) is 2. The van der Waals surface area contributed by atoms with Crippen LogP contribution in [0.15, 0.2) is 11.6 Å². The molecular weight excluding hydrogens is 352 g/mol. The Bertz CT molecular complexity index is 771. The van der Waals surface area contributed by atoms with Gasteiger partial charge in [0.05, 0.1) is 5.60 Å². The zero-order valence-electron chi connectivity index (χ0n) is 17.8. The van der Waals surface area contributed by atoms with E-state index in [2.05, 4.69) is 20.8 Å². The Morgan fingerprint density at radius 3 is 2.57 bits per heavy atom. The molecule has 0 aromatic carbocycles. The van der Waals surface area contributed by atoms with Gasteiger partial charge in [0.15, 0.2) is 17.9 Å². The fourth-order valence-corrected chi connectivity index (χ4v) is 8.26. The molecule has 5 rings (SSSR count). The topological polar surface area (TPSA) is 52.6 Å². The fraction of sp³-hybridized carbons (Fsp3) is 0.833. The van der Waals surface area contributed by atoms with Crippen LogP contribution in [0.2, 0.25) is 0 Å². The summed E-state index contributed by atoms with van der Waals surface area (Å²) in [7, 11) is 0. The lowest BCUT2D eigenvalue weighted by molar-refractivity contribution is -0.369. The normalized spacial score (nSPS) is 52.4. The molecular formula is C24H34O4. The van der Waals surface area contributed by atoms with Crippen LogP contribution in [0.4, 0.5) is 0 Å². The van der Waals surface area contributed by atoms with Gasteiger partial charge in [-0.3, -0.25) is 9.59 Å². The molecule has 7 atom stereocenters. The molecule has 0 amide bonds. The Balaban J connectivity index is 1.62. The van der Waals surface area contributed by atoms with Crippen LogP contribution < -0.4 is 0 Å². The Morgan fingerprint density at radius 1 is 1.07 bits per heavy atom. The summed E-state index contributed by atoms with van der Waals surface area (Å²) in [5, 5.41) is 0. The van der Waals surface area contributed by atoms with E-state index in [0.29, 0.717) is 24.0 Å². The predicted molar refractivity (Wildman–Crippen MR) is 106 cm³/mol. The SMILES string of the molecule is CC[C@H]1O[C@]2(C(C)=O)CC[C@@]3(O1)[C@@H]1CCC4=CC(=O)CC[C@]4(C)[C@H]1CC[C@]23C. The van der Waals surface area contributed by atoms with E-state index < -0.39 is 5.60 Å². The number of hydrogen-bond donors (Lipinski definition) is 0. The number of carbonyl (C=O) groups excluding carboxylic acids is 2. The molecule has 4 fully saturated rings. The molecule has 0 radical (unpaired) electrons. The van der Waals surface area contributed by atoms with E-state index in [1.54, 1.807) is 6.92 Å². The molecule has 28 heavy (non-hydrogen) atoms. The maximum Gasteiger partial charge on any atom is 0.162 e. The number of ketones is 2. The monoisotopic (exact) mass is 386 g/mol. The highest BCUT2D eigenvalue weighted by molar-refractivity contribution is 5.91. The first-order valence-electron chi connectivity index (χ1n) is 11.3. The molecule has 0 spiro atoms. The maximum absolute atomic E-state index is 13.0. The lowest BCUT2D eigenvalue weighted by Gasteiger charge is -2.66. The van der Waals surface area contributed by atoms with E-state index in [4.69, 9.17) is 9.47 Å². The van der Waals surface area contributed by atoms with Gasteiger partial charge in [-0.1, -0.05) is 26.3 Å². The molecule has 4 aliphatic carbocycles. The van der Waals surface area contributed by atoms with Crippen molar-refractivity contribution in [3.8, 4) is 0 Å². The van der Waals surface area contributed by atoms with Gasteiger partial charge >= 0.3 is 0 Å². The van der Waals surface area contributed by atoms with Crippen molar-refractivity contribution in [2.75, 3.05) is 0 Å². The van der Waals surface area contributed by atoms with Crippen LogP contribution in [-0.2, 0) is 19.1 Å². The Labute approximate surface area is 168 Å². The van der Waals surface area contributed by atoms with Gasteiger partial charge in [0, 0.05) is 11.8 Å². The molecule has 4 heteroatoms. The third-order valence-corrected chi connectivity index (χ3v) is 9.79. The molecule has 0 aromatic heterocycles. The van der Waals surface area contributed by atoms with Crippen LogP contribution in [0.1, 0.15) is 85.5 Å². The molecule has 3 saturated carbocycles. The van der Waals surface area contributed by atoms with E-state index in [1.807, 2.05) is 6.08 Å². The average Bonchev–Trinajstić information content (AvgIpc) is 2.80. The minimum atomic E-state index is -0.684. The Hall–Kier alpha value is -1.00. The molecule has 0 aromatic rings. The van der Waals surface area contributed by atoms with Crippen molar-refractivity contribution in [1.82, 2.24) is 0 Å². The molecule has 1 saturated heterocycles. The third-order valence-electron chi connectivity index (χ3n) is 9.79. The molecule has 1 heterocycles. The van der Waals surface area contributed by atoms with Crippen molar-refractivity contribution in [2.24, 2.45) is 22.7 Å². The van der Waals surface area contributed by atoms with Crippen LogP contribution in [0.3, 0.4) is 0 Å². The number of hydrogen-bond acceptors (Lipinski definition) is 4. The number of allylic oxidation sites excluding steroid dienone is 1. The minimum absolute atomic E-state index is 0.109.